The predicted octanol–water partition coefficient (Wildman–Crippen LogP) is 3.43. The van der Waals surface area contributed by atoms with E-state index in [0.29, 0.717) is 6.61 Å². The van der Waals surface area contributed by atoms with E-state index in [1.807, 2.05) is 0 Å². The lowest BCUT2D eigenvalue weighted by atomic mass is 9.98. The monoisotopic (exact) mass is 215 g/mol. The molecule has 1 nitrogen and oxygen atoms in total. The van der Waals surface area contributed by atoms with E-state index in [4.69, 9.17) is 16.3 Å². The average Bonchev–Trinajstić information content (AvgIpc) is 2.18. The molecule has 0 aliphatic rings. The molecule has 1 unspecified atom stereocenters. The Morgan fingerprint density at radius 3 is 2.86 bits per heavy atom. The lowest BCUT2D eigenvalue weighted by Crippen LogP contribution is -1.99. The van der Waals surface area contributed by atoms with Crippen LogP contribution >= 0.6 is 11.6 Å². The first-order chi connectivity index (χ1) is 6.65. The zero-order valence-corrected chi connectivity index (χ0v) is 8.85. The van der Waals surface area contributed by atoms with E-state index in [0.717, 1.165) is 12.0 Å². The first kappa shape index (κ1) is 11.5. The molecule has 0 N–H and O–H groups in total. The molecule has 0 aliphatic carbocycles. The summed E-state index contributed by atoms with van der Waals surface area (Å²) in [7, 11) is 1.64. The van der Waals surface area contributed by atoms with Crippen molar-refractivity contribution in [1.82, 2.24) is 0 Å². The number of methoxy groups -OCH3 is 1. The van der Waals surface area contributed by atoms with Gasteiger partial charge in [-0.3, -0.25) is 0 Å². The largest absolute Gasteiger partial charge is 0.385 e. The molecule has 0 saturated carbocycles. The highest BCUT2D eigenvalue weighted by Crippen LogP contribution is 2.23. The van der Waals surface area contributed by atoms with E-state index in [1.54, 1.807) is 19.2 Å². The summed E-state index contributed by atoms with van der Waals surface area (Å²) in [5.74, 6) is -0.303. The van der Waals surface area contributed by atoms with E-state index >= 15 is 0 Å². The van der Waals surface area contributed by atoms with Crippen molar-refractivity contribution in [1.29, 1.82) is 0 Å². The van der Waals surface area contributed by atoms with Gasteiger partial charge in [0.1, 0.15) is 5.82 Å². The maximum atomic E-state index is 12.8. The minimum Gasteiger partial charge on any atom is -0.385 e. The topological polar surface area (TPSA) is 9.23 Å². The zero-order valence-electron chi connectivity index (χ0n) is 8.09. The third-order valence-corrected chi connectivity index (χ3v) is 2.38. The predicted molar refractivity (Wildman–Crippen MR) is 56.0 cm³/mol. The first-order valence-electron chi connectivity index (χ1n) is 4.42. The van der Waals surface area contributed by atoms with Crippen molar-refractivity contribution in [2.75, 3.05) is 13.7 Å². The maximum Gasteiger partial charge on any atom is 0.141 e. The summed E-state index contributed by atoms with van der Waals surface area (Å²) in [6, 6.07) is 4.68. The number of ether oxygens (including phenoxy) is 1. The van der Waals surface area contributed by atoms with Crippen LogP contribution in [0.3, 0.4) is 0 Å². The van der Waals surface area contributed by atoms with Crippen molar-refractivity contribution in [2.24, 2.45) is 0 Å². The van der Waals surface area contributed by atoms with Crippen LogP contribution in [-0.2, 0) is 4.74 Å². The zero-order chi connectivity index (χ0) is 10.6. The average molecular weight is 216 g/mol. The Hall–Kier alpha value is -0.600. The summed E-state index contributed by atoms with van der Waals surface area (Å²) >= 11 is 5.66. The van der Waals surface area contributed by atoms with Gasteiger partial charge in [0.2, 0.25) is 0 Å². The van der Waals surface area contributed by atoms with Gasteiger partial charge in [0.25, 0.3) is 0 Å². The summed E-state index contributed by atoms with van der Waals surface area (Å²) in [6.45, 7) is 4.60. The van der Waals surface area contributed by atoms with Crippen LogP contribution in [0, 0.1) is 12.7 Å². The van der Waals surface area contributed by atoms with Crippen molar-refractivity contribution in [2.45, 2.75) is 12.3 Å². The smallest absolute Gasteiger partial charge is 0.141 e. The molecule has 0 bridgehead atoms. The van der Waals surface area contributed by atoms with Gasteiger partial charge in [0.05, 0.1) is 5.02 Å². The second-order valence-corrected chi connectivity index (χ2v) is 3.56. The molecule has 1 rings (SSSR count). The Morgan fingerprint density at radius 1 is 1.57 bits per heavy atom. The summed E-state index contributed by atoms with van der Waals surface area (Å²) in [5, 5.41) is 0.147. The van der Waals surface area contributed by atoms with Crippen molar-refractivity contribution in [3.05, 3.63) is 41.5 Å². The molecule has 0 amide bonds. The van der Waals surface area contributed by atoms with Gasteiger partial charge in [0.15, 0.2) is 0 Å². The Bertz CT molecular complexity index is 301. The third-order valence-electron chi connectivity index (χ3n) is 2.09. The van der Waals surface area contributed by atoms with Crippen LogP contribution in [0.25, 0.3) is 0 Å². The minimum atomic E-state index is -0.394. The summed E-state index contributed by atoms with van der Waals surface area (Å²) in [6.07, 6.45) is 0.804. The van der Waals surface area contributed by atoms with Gasteiger partial charge in [-0.05, 0) is 37.0 Å². The van der Waals surface area contributed by atoms with Gasteiger partial charge in [-0.1, -0.05) is 17.7 Å². The molecular weight excluding hydrogens is 203 g/mol. The fourth-order valence-corrected chi connectivity index (χ4v) is 1.38. The SMILES string of the molecule is [CH2]C(CCOC)c1ccc(F)c(Cl)c1. The molecule has 0 saturated heterocycles. The number of hydrogen-bond acceptors (Lipinski definition) is 1. The van der Waals surface area contributed by atoms with Gasteiger partial charge in [-0.15, -0.1) is 0 Å². The van der Waals surface area contributed by atoms with Gasteiger partial charge >= 0.3 is 0 Å². The fourth-order valence-electron chi connectivity index (χ4n) is 1.19. The molecule has 0 fully saturated rings. The van der Waals surface area contributed by atoms with E-state index in [9.17, 15) is 4.39 Å². The van der Waals surface area contributed by atoms with Gasteiger partial charge in [-0.25, -0.2) is 4.39 Å². The third kappa shape index (κ3) is 2.96. The minimum absolute atomic E-state index is 0.0908. The summed E-state index contributed by atoms with van der Waals surface area (Å²) in [5.41, 5.74) is 0.938. The van der Waals surface area contributed by atoms with E-state index in [1.165, 1.54) is 6.07 Å². The maximum absolute atomic E-state index is 12.8. The second kappa shape index (κ2) is 5.32. The van der Waals surface area contributed by atoms with Gasteiger partial charge in [0, 0.05) is 13.7 Å². The first-order valence-corrected chi connectivity index (χ1v) is 4.80. The Balaban J connectivity index is 2.70. The standard InChI is InChI=1S/C11H13ClFO/c1-8(5-6-14-2)9-3-4-11(13)10(12)7-9/h3-4,7-8H,1,5-6H2,2H3. The van der Waals surface area contributed by atoms with Crippen LogP contribution in [-0.4, -0.2) is 13.7 Å². The van der Waals surface area contributed by atoms with Crippen molar-refractivity contribution in [3.8, 4) is 0 Å². The van der Waals surface area contributed by atoms with E-state index in [-0.39, 0.29) is 10.9 Å². The quantitative estimate of drug-likeness (QED) is 0.748. The molecule has 0 aliphatic heterocycles. The summed E-state index contributed by atoms with van der Waals surface area (Å²) < 4.78 is 17.8. The second-order valence-electron chi connectivity index (χ2n) is 3.15. The lowest BCUT2D eigenvalue weighted by molar-refractivity contribution is 0.191. The van der Waals surface area contributed by atoms with Crippen LogP contribution in [0.1, 0.15) is 17.9 Å². The molecule has 0 spiro atoms. The highest BCUT2D eigenvalue weighted by molar-refractivity contribution is 6.30. The lowest BCUT2D eigenvalue weighted by Gasteiger charge is -2.11. The number of hydrogen-bond donors (Lipinski definition) is 0. The Kier molecular flexibility index (Phi) is 4.36. The van der Waals surface area contributed by atoms with Crippen LogP contribution in [0.5, 0.6) is 0 Å². The van der Waals surface area contributed by atoms with E-state index < -0.39 is 5.82 Å². The van der Waals surface area contributed by atoms with Crippen LogP contribution in [0.2, 0.25) is 5.02 Å². The molecule has 0 heterocycles. The van der Waals surface area contributed by atoms with Gasteiger partial charge in [-0.2, -0.15) is 0 Å². The van der Waals surface area contributed by atoms with Crippen LogP contribution in [0.4, 0.5) is 4.39 Å². The highest BCUT2D eigenvalue weighted by Gasteiger charge is 2.07. The Labute approximate surface area is 88.8 Å². The van der Waals surface area contributed by atoms with Gasteiger partial charge < -0.3 is 4.74 Å². The fraction of sp³-hybridized carbons (Fsp3) is 0.364. The highest BCUT2D eigenvalue weighted by atomic mass is 35.5. The number of benzene rings is 1. The van der Waals surface area contributed by atoms with Crippen molar-refractivity contribution >= 4 is 11.6 Å². The molecule has 77 valence electrons. The van der Waals surface area contributed by atoms with Crippen molar-refractivity contribution < 1.29 is 9.13 Å². The molecule has 1 atom stereocenters. The molecular formula is C11H13ClFO. The molecule has 1 aromatic rings. The normalized spacial score (nSPS) is 12.9. The molecule has 14 heavy (non-hydrogen) atoms. The molecule has 3 heteroatoms. The van der Waals surface area contributed by atoms with E-state index in [2.05, 4.69) is 6.92 Å². The number of halogens is 2. The van der Waals surface area contributed by atoms with Crippen LogP contribution < -0.4 is 0 Å². The molecule has 1 radical (unpaired) electrons. The van der Waals surface area contributed by atoms with Crippen molar-refractivity contribution in [3.63, 3.8) is 0 Å². The van der Waals surface area contributed by atoms with Crippen LogP contribution in [0.15, 0.2) is 18.2 Å². The number of rotatable bonds is 4. The Morgan fingerprint density at radius 2 is 2.29 bits per heavy atom. The summed E-state index contributed by atoms with van der Waals surface area (Å²) in [4.78, 5) is 0. The molecule has 0 aromatic heterocycles. The molecule has 1 aromatic carbocycles.